The molecule has 140 valence electrons. The molecule has 0 aromatic rings. The Balaban J connectivity index is 1.79. The van der Waals surface area contributed by atoms with Crippen molar-refractivity contribution < 1.29 is 15.0 Å². The van der Waals surface area contributed by atoms with E-state index in [-0.39, 0.29) is 18.6 Å². The third-order valence-electron chi connectivity index (χ3n) is 5.27. The van der Waals surface area contributed by atoms with Crippen molar-refractivity contribution in [1.82, 2.24) is 0 Å². The number of hydrogen-bond acceptors (Lipinski definition) is 4. The maximum Gasteiger partial charge on any atom is 0.303 e. The summed E-state index contributed by atoms with van der Waals surface area (Å²) in [6.07, 6.45) is 16.0. The highest BCUT2D eigenvalue weighted by Crippen LogP contribution is 2.44. The van der Waals surface area contributed by atoms with E-state index >= 15 is 0 Å². The van der Waals surface area contributed by atoms with Crippen molar-refractivity contribution in [3.05, 3.63) is 24.3 Å². The summed E-state index contributed by atoms with van der Waals surface area (Å²) in [4.78, 5) is 10.5. The summed E-state index contributed by atoms with van der Waals surface area (Å²) in [7, 11) is 0. The lowest BCUT2D eigenvalue weighted by Gasteiger charge is -2.23. The minimum Gasteiger partial charge on any atom is -0.481 e. The van der Waals surface area contributed by atoms with Crippen LogP contribution in [0.1, 0.15) is 64.7 Å². The third kappa shape index (κ3) is 6.38. The molecule has 25 heavy (non-hydrogen) atoms. The van der Waals surface area contributed by atoms with Crippen LogP contribution < -0.4 is 0 Å². The Kier molecular flexibility index (Phi) is 8.32. The van der Waals surface area contributed by atoms with Gasteiger partial charge in [-0.05, 0) is 38.0 Å². The Bertz CT molecular complexity index is 501. The molecule has 1 aliphatic heterocycles. The second kappa shape index (κ2) is 10.5. The SMILES string of the molecule is CCCCCC(O)C=C[C@H]1C2CC(N=N2)[C@@H]1CC=CCCCC(=O)O. The number of aliphatic hydroxyl groups excluding tert-OH is 1. The van der Waals surface area contributed by atoms with E-state index in [1.54, 1.807) is 0 Å². The zero-order valence-electron chi connectivity index (χ0n) is 15.3. The smallest absolute Gasteiger partial charge is 0.303 e. The van der Waals surface area contributed by atoms with Crippen LogP contribution in [0.15, 0.2) is 34.5 Å². The van der Waals surface area contributed by atoms with Crippen LogP contribution in [0, 0.1) is 11.8 Å². The van der Waals surface area contributed by atoms with Gasteiger partial charge in [-0.15, -0.1) is 0 Å². The first kappa shape index (κ1) is 19.8. The van der Waals surface area contributed by atoms with Crippen molar-refractivity contribution >= 4 is 5.97 Å². The highest BCUT2D eigenvalue weighted by atomic mass is 16.4. The molecule has 1 saturated carbocycles. The van der Waals surface area contributed by atoms with Crippen molar-refractivity contribution in [2.24, 2.45) is 22.1 Å². The average Bonchev–Trinajstić information content (AvgIpc) is 3.17. The molecule has 1 aliphatic carbocycles. The van der Waals surface area contributed by atoms with Gasteiger partial charge in [-0.3, -0.25) is 4.79 Å². The van der Waals surface area contributed by atoms with Gasteiger partial charge < -0.3 is 10.2 Å². The number of nitrogens with zero attached hydrogens (tertiary/aromatic N) is 2. The normalized spacial score (nSPS) is 29.2. The van der Waals surface area contributed by atoms with Crippen LogP contribution in [0.2, 0.25) is 0 Å². The monoisotopic (exact) mass is 348 g/mol. The van der Waals surface area contributed by atoms with E-state index in [9.17, 15) is 9.90 Å². The summed E-state index contributed by atoms with van der Waals surface area (Å²) in [5.74, 6) is 0.0916. The second-order valence-corrected chi connectivity index (χ2v) is 7.28. The number of azo groups is 1. The molecule has 5 nitrogen and oxygen atoms in total. The van der Waals surface area contributed by atoms with Crippen molar-refractivity contribution in [3.8, 4) is 0 Å². The van der Waals surface area contributed by atoms with Gasteiger partial charge in [-0.2, -0.15) is 10.2 Å². The van der Waals surface area contributed by atoms with E-state index in [4.69, 9.17) is 5.11 Å². The molecule has 0 aromatic heterocycles. The molecular weight excluding hydrogens is 316 g/mol. The zero-order valence-corrected chi connectivity index (χ0v) is 15.3. The van der Waals surface area contributed by atoms with Gasteiger partial charge in [0.1, 0.15) is 0 Å². The summed E-state index contributed by atoms with van der Waals surface area (Å²) in [5, 5.41) is 27.5. The lowest BCUT2D eigenvalue weighted by molar-refractivity contribution is -0.137. The number of unbranched alkanes of at least 4 members (excludes halogenated alkanes) is 3. The number of aliphatic carboxylic acids is 1. The number of aliphatic hydroxyl groups is 1. The fourth-order valence-corrected chi connectivity index (χ4v) is 3.83. The van der Waals surface area contributed by atoms with Crippen LogP contribution in [0.25, 0.3) is 0 Å². The number of fused-ring (bicyclic) bond motifs is 2. The molecule has 2 bridgehead atoms. The average molecular weight is 348 g/mol. The van der Waals surface area contributed by atoms with Crippen LogP contribution in [-0.4, -0.2) is 34.4 Å². The number of carboxylic acid groups (broad SMARTS) is 1. The number of rotatable bonds is 12. The molecular formula is C20H32N2O3. The van der Waals surface area contributed by atoms with E-state index < -0.39 is 5.97 Å². The van der Waals surface area contributed by atoms with E-state index in [1.165, 1.54) is 12.8 Å². The van der Waals surface area contributed by atoms with E-state index in [1.807, 2.05) is 6.08 Å². The lowest BCUT2D eigenvalue weighted by Crippen LogP contribution is -2.22. The minimum atomic E-state index is -0.732. The zero-order chi connectivity index (χ0) is 18.1. The summed E-state index contributed by atoms with van der Waals surface area (Å²) < 4.78 is 0. The molecule has 5 atom stereocenters. The topological polar surface area (TPSA) is 82.2 Å². The Morgan fingerprint density at radius 1 is 1.20 bits per heavy atom. The van der Waals surface area contributed by atoms with Crippen LogP contribution in [-0.2, 0) is 4.79 Å². The first-order valence-electron chi connectivity index (χ1n) is 9.75. The minimum absolute atomic E-state index is 0.230. The summed E-state index contributed by atoms with van der Waals surface area (Å²) in [6, 6.07) is 0.579. The van der Waals surface area contributed by atoms with Gasteiger partial charge in [-0.1, -0.05) is 50.5 Å². The quantitative estimate of drug-likeness (QED) is 0.402. The number of carboxylic acids is 1. The predicted octanol–water partition coefficient (Wildman–Crippen LogP) is 4.52. The van der Waals surface area contributed by atoms with E-state index in [0.717, 1.165) is 32.1 Å². The molecule has 2 aliphatic rings. The molecule has 1 heterocycles. The van der Waals surface area contributed by atoms with Gasteiger partial charge in [-0.25, -0.2) is 0 Å². The maximum atomic E-state index is 10.5. The second-order valence-electron chi connectivity index (χ2n) is 7.28. The number of hydrogen-bond donors (Lipinski definition) is 2. The fraction of sp³-hybridized carbons (Fsp3) is 0.750. The van der Waals surface area contributed by atoms with Crippen molar-refractivity contribution in [2.75, 3.05) is 0 Å². The number of allylic oxidation sites excluding steroid dienone is 2. The standard InChI is InChI=1S/C20H32N2O3/c1-2-3-6-9-15(23)12-13-17-16(18-14-19(17)22-21-18)10-7-4-5-8-11-20(24)25/h4,7,12-13,15-19,23H,2-3,5-6,8-11,14H2,1H3,(H,24,25)/t15?,16-,17-,18?,19?/m1/s1. The summed E-state index contributed by atoms with van der Waals surface area (Å²) >= 11 is 0. The largest absolute Gasteiger partial charge is 0.481 e. The molecule has 2 rings (SSSR count). The predicted molar refractivity (Wildman–Crippen MR) is 98.6 cm³/mol. The molecule has 5 heteroatoms. The Labute approximate surface area is 150 Å². The fourth-order valence-electron chi connectivity index (χ4n) is 3.83. The molecule has 0 saturated heterocycles. The van der Waals surface area contributed by atoms with Crippen LogP contribution >= 0.6 is 0 Å². The van der Waals surface area contributed by atoms with Crippen LogP contribution in [0.3, 0.4) is 0 Å². The highest BCUT2D eigenvalue weighted by Gasteiger charge is 2.45. The Morgan fingerprint density at radius 2 is 2.00 bits per heavy atom. The van der Waals surface area contributed by atoms with Gasteiger partial charge >= 0.3 is 5.97 Å². The van der Waals surface area contributed by atoms with E-state index in [2.05, 4.69) is 35.4 Å². The summed E-state index contributed by atoms with van der Waals surface area (Å²) in [5.41, 5.74) is 0. The van der Waals surface area contributed by atoms with Crippen molar-refractivity contribution in [3.63, 3.8) is 0 Å². The van der Waals surface area contributed by atoms with Gasteiger partial charge in [0, 0.05) is 12.3 Å². The Hall–Kier alpha value is -1.49. The molecule has 0 amide bonds. The van der Waals surface area contributed by atoms with Crippen LogP contribution in [0.5, 0.6) is 0 Å². The summed E-state index contributed by atoms with van der Waals surface area (Å²) in [6.45, 7) is 2.17. The highest BCUT2D eigenvalue weighted by molar-refractivity contribution is 5.66. The number of carbonyl (C=O) groups is 1. The third-order valence-corrected chi connectivity index (χ3v) is 5.27. The van der Waals surface area contributed by atoms with Gasteiger partial charge in [0.2, 0.25) is 0 Å². The molecule has 3 unspecified atom stereocenters. The molecule has 1 fully saturated rings. The van der Waals surface area contributed by atoms with E-state index in [0.29, 0.717) is 24.3 Å². The van der Waals surface area contributed by atoms with Crippen molar-refractivity contribution in [1.29, 1.82) is 0 Å². The first-order chi connectivity index (χ1) is 12.1. The molecule has 2 N–H and O–H groups in total. The lowest BCUT2D eigenvalue weighted by atomic mass is 9.87. The first-order valence-corrected chi connectivity index (χ1v) is 9.75. The molecule has 0 spiro atoms. The van der Waals surface area contributed by atoms with Crippen molar-refractivity contribution in [2.45, 2.75) is 82.9 Å². The van der Waals surface area contributed by atoms with Gasteiger partial charge in [0.15, 0.2) is 0 Å². The maximum absolute atomic E-state index is 10.5. The van der Waals surface area contributed by atoms with Crippen LogP contribution in [0.4, 0.5) is 0 Å². The van der Waals surface area contributed by atoms with Gasteiger partial charge in [0.25, 0.3) is 0 Å². The van der Waals surface area contributed by atoms with Gasteiger partial charge in [0.05, 0.1) is 18.2 Å². The molecule has 0 radical (unpaired) electrons. The Morgan fingerprint density at radius 3 is 2.76 bits per heavy atom. The molecule has 0 aromatic carbocycles.